The highest BCUT2D eigenvalue weighted by Gasteiger charge is 2.43. The van der Waals surface area contributed by atoms with E-state index in [9.17, 15) is 31.5 Å². The fourth-order valence-electron chi connectivity index (χ4n) is 2.92. The van der Waals surface area contributed by atoms with Crippen LogP contribution in [0.4, 0.5) is 27.6 Å². The van der Waals surface area contributed by atoms with Gasteiger partial charge in [-0.3, -0.25) is 9.59 Å². The largest absolute Gasteiger partial charge is 0.478 e. The number of nitrogens with zero attached hydrogens (tertiary/aromatic N) is 1. The molecule has 1 unspecified atom stereocenters. The van der Waals surface area contributed by atoms with E-state index in [-0.39, 0.29) is 11.4 Å². The number of hydrogen-bond acceptors (Lipinski definition) is 3. The van der Waals surface area contributed by atoms with Gasteiger partial charge in [-0.2, -0.15) is 0 Å². The number of anilines is 1. The van der Waals surface area contributed by atoms with Crippen molar-refractivity contribution in [2.75, 3.05) is 4.90 Å². The van der Waals surface area contributed by atoms with Gasteiger partial charge >= 0.3 is 0 Å². The van der Waals surface area contributed by atoms with Crippen LogP contribution in [0.25, 0.3) is 0 Å². The third-order valence-electron chi connectivity index (χ3n) is 4.37. The average molecular weight is 399 g/mol. The Morgan fingerprint density at radius 3 is 2.07 bits per heavy atom. The van der Waals surface area contributed by atoms with Crippen molar-refractivity contribution in [2.24, 2.45) is 5.92 Å². The lowest BCUT2D eigenvalue weighted by molar-refractivity contribution is -0.127. The van der Waals surface area contributed by atoms with E-state index in [1.807, 2.05) is 0 Å². The molecule has 0 bridgehead atoms. The van der Waals surface area contributed by atoms with Gasteiger partial charge < -0.3 is 4.74 Å². The maximum Gasteiger partial charge on any atom is 0.275 e. The van der Waals surface area contributed by atoms with E-state index < -0.39 is 58.5 Å². The quantitative estimate of drug-likeness (QED) is 0.328. The molecule has 1 atom stereocenters. The summed E-state index contributed by atoms with van der Waals surface area (Å²) in [4.78, 5) is 26.0. The zero-order chi connectivity index (χ0) is 20.9. The number of aryl methyl sites for hydroxylation is 1. The monoisotopic (exact) mass is 399 g/mol. The van der Waals surface area contributed by atoms with Crippen LogP contribution in [0.1, 0.15) is 29.8 Å². The summed E-state index contributed by atoms with van der Waals surface area (Å²) in [5.74, 6) is -14.5. The van der Waals surface area contributed by atoms with E-state index in [4.69, 9.17) is 4.74 Å². The van der Waals surface area contributed by atoms with Crippen LogP contribution in [0, 0.1) is 41.9 Å². The van der Waals surface area contributed by atoms with Crippen LogP contribution in [0.2, 0.25) is 0 Å². The van der Waals surface area contributed by atoms with Crippen molar-refractivity contribution in [1.29, 1.82) is 0 Å². The van der Waals surface area contributed by atoms with Gasteiger partial charge in [0.05, 0.1) is 5.69 Å². The van der Waals surface area contributed by atoms with Crippen molar-refractivity contribution in [3.05, 3.63) is 58.4 Å². The van der Waals surface area contributed by atoms with Crippen molar-refractivity contribution in [2.45, 2.75) is 26.9 Å². The number of hydrogen-bond donors (Lipinski definition) is 0. The fraction of sp³-hybridized carbons (Fsp3) is 0.263. The third-order valence-corrected chi connectivity index (χ3v) is 4.37. The molecule has 0 N–H and O–H groups in total. The van der Waals surface area contributed by atoms with Crippen LogP contribution in [-0.4, -0.2) is 17.9 Å². The molecule has 0 saturated heterocycles. The number of benzene rings is 2. The predicted octanol–water partition coefficient (Wildman–Crippen LogP) is 4.28. The van der Waals surface area contributed by atoms with Gasteiger partial charge in [-0.05, 0) is 24.5 Å². The minimum atomic E-state index is -2.39. The van der Waals surface area contributed by atoms with Crippen LogP contribution >= 0.6 is 0 Å². The van der Waals surface area contributed by atoms with Crippen LogP contribution in [-0.2, 0) is 4.79 Å². The lowest BCUT2D eigenvalue weighted by Gasteiger charge is -2.35. The molecule has 2 amide bonds. The molecule has 0 radical (unpaired) electrons. The van der Waals surface area contributed by atoms with Gasteiger partial charge in [-0.25, -0.2) is 26.9 Å². The molecule has 28 heavy (non-hydrogen) atoms. The van der Waals surface area contributed by atoms with Crippen molar-refractivity contribution in [1.82, 2.24) is 0 Å². The summed E-state index contributed by atoms with van der Waals surface area (Å²) in [5.41, 5.74) is -1.33. The zero-order valence-electron chi connectivity index (χ0n) is 14.9. The smallest absolute Gasteiger partial charge is 0.275 e. The van der Waals surface area contributed by atoms with Crippen LogP contribution in [0.3, 0.4) is 0 Å². The number of fused-ring (bicyclic) bond motifs is 1. The lowest BCUT2D eigenvalue weighted by Crippen LogP contribution is -2.51. The first-order chi connectivity index (χ1) is 13.1. The molecule has 2 aromatic carbocycles. The van der Waals surface area contributed by atoms with E-state index in [1.54, 1.807) is 26.8 Å². The maximum absolute atomic E-state index is 14.1. The van der Waals surface area contributed by atoms with Crippen LogP contribution in [0.15, 0.2) is 18.2 Å². The lowest BCUT2D eigenvalue weighted by atomic mass is 10.0. The second-order valence-electron chi connectivity index (χ2n) is 6.63. The van der Waals surface area contributed by atoms with Gasteiger partial charge in [0.2, 0.25) is 5.82 Å². The van der Waals surface area contributed by atoms with E-state index >= 15 is 0 Å². The maximum atomic E-state index is 14.1. The Morgan fingerprint density at radius 2 is 1.54 bits per heavy atom. The highest BCUT2D eigenvalue weighted by molar-refractivity contribution is 6.24. The summed E-state index contributed by atoms with van der Waals surface area (Å²) in [7, 11) is 0. The number of ether oxygens (including phenoxy) is 1. The van der Waals surface area contributed by atoms with Crippen LogP contribution in [0.5, 0.6) is 5.75 Å². The van der Waals surface area contributed by atoms with Gasteiger partial charge in [0.15, 0.2) is 29.4 Å². The summed E-state index contributed by atoms with van der Waals surface area (Å²) >= 11 is 0. The number of para-hydroxylation sites is 1. The molecule has 0 aromatic heterocycles. The molecule has 4 nitrogen and oxygen atoms in total. The molecular formula is C19H14F5NO3. The van der Waals surface area contributed by atoms with E-state index in [0.29, 0.717) is 10.5 Å². The minimum Gasteiger partial charge on any atom is -0.478 e. The Morgan fingerprint density at radius 1 is 1.00 bits per heavy atom. The van der Waals surface area contributed by atoms with Gasteiger partial charge in [0.1, 0.15) is 11.3 Å². The molecule has 148 valence electrons. The number of halogens is 5. The number of carbonyl (C=O) groups is 2. The first kappa shape index (κ1) is 19.8. The van der Waals surface area contributed by atoms with Crippen molar-refractivity contribution >= 4 is 17.5 Å². The molecule has 0 fully saturated rings. The molecule has 1 aliphatic heterocycles. The molecule has 0 spiro atoms. The first-order valence-corrected chi connectivity index (χ1v) is 8.23. The standard InChI is InChI=1S/C19H14F5NO3/c1-7(2)16-19(27)25(9-6-4-5-8(3)17(9)28-16)18(26)10-11(20)13(22)15(24)14(23)12(10)21/h4-7,16H,1-3H3. The van der Waals surface area contributed by atoms with E-state index in [1.165, 1.54) is 12.1 Å². The molecule has 0 aliphatic carbocycles. The highest BCUT2D eigenvalue weighted by atomic mass is 19.2. The summed E-state index contributed by atoms with van der Waals surface area (Å²) in [6.45, 7) is 4.85. The number of carbonyl (C=O) groups excluding carboxylic acids is 2. The summed E-state index contributed by atoms with van der Waals surface area (Å²) < 4.78 is 74.3. The van der Waals surface area contributed by atoms with E-state index in [0.717, 1.165) is 0 Å². The first-order valence-electron chi connectivity index (χ1n) is 8.23. The molecular weight excluding hydrogens is 385 g/mol. The SMILES string of the molecule is Cc1cccc2c1OC(C(C)C)C(=O)N2C(=O)c1c(F)c(F)c(F)c(F)c1F. The number of imide groups is 1. The topological polar surface area (TPSA) is 46.6 Å². The Balaban J connectivity index is 2.25. The normalized spacial score (nSPS) is 16.2. The van der Waals surface area contributed by atoms with Crippen molar-refractivity contribution in [3.63, 3.8) is 0 Å². The fourth-order valence-corrected chi connectivity index (χ4v) is 2.92. The van der Waals surface area contributed by atoms with Gasteiger partial charge in [-0.1, -0.05) is 26.0 Å². The van der Waals surface area contributed by atoms with Crippen molar-refractivity contribution in [3.8, 4) is 5.75 Å². The van der Waals surface area contributed by atoms with Gasteiger partial charge in [-0.15, -0.1) is 0 Å². The molecule has 0 saturated carbocycles. The highest BCUT2D eigenvalue weighted by Crippen LogP contribution is 2.39. The van der Waals surface area contributed by atoms with Crippen LogP contribution < -0.4 is 9.64 Å². The molecule has 1 heterocycles. The second kappa shape index (κ2) is 6.88. The zero-order valence-corrected chi connectivity index (χ0v) is 14.9. The van der Waals surface area contributed by atoms with E-state index in [2.05, 4.69) is 0 Å². The Labute approximate surface area is 156 Å². The average Bonchev–Trinajstić information content (AvgIpc) is 2.64. The van der Waals surface area contributed by atoms with Crippen molar-refractivity contribution < 1.29 is 36.3 Å². The molecule has 1 aliphatic rings. The summed E-state index contributed by atoms with van der Waals surface area (Å²) in [6.07, 6.45) is -1.18. The minimum absolute atomic E-state index is 0.109. The Bertz CT molecular complexity index is 977. The van der Waals surface area contributed by atoms with Gasteiger partial charge in [0.25, 0.3) is 11.8 Å². The third kappa shape index (κ3) is 2.81. The number of rotatable bonds is 2. The molecule has 2 aromatic rings. The Kier molecular flexibility index (Phi) is 4.86. The summed E-state index contributed by atoms with van der Waals surface area (Å²) in [6, 6.07) is 4.35. The van der Waals surface area contributed by atoms with Gasteiger partial charge in [0, 0.05) is 0 Å². The molecule has 3 rings (SSSR count). The predicted molar refractivity (Wildman–Crippen MR) is 88.5 cm³/mol. The summed E-state index contributed by atoms with van der Waals surface area (Å²) in [5, 5.41) is 0. The Hall–Kier alpha value is -2.97. The second-order valence-corrected chi connectivity index (χ2v) is 6.63. The number of amides is 2. The molecule has 9 heteroatoms.